The molecule has 0 radical (unpaired) electrons. The molecule has 0 bridgehead atoms. The van der Waals surface area contributed by atoms with Gasteiger partial charge in [-0.1, -0.05) is 0 Å². The van der Waals surface area contributed by atoms with Gasteiger partial charge in [-0.3, -0.25) is 4.79 Å². The largest absolute Gasteiger partial charge is 0.481 e. The molecule has 1 N–H and O–H groups in total. The highest BCUT2D eigenvalue weighted by molar-refractivity contribution is 9.10. The third-order valence-corrected chi connectivity index (χ3v) is 4.24. The highest BCUT2D eigenvalue weighted by Gasteiger charge is 2.27. The highest BCUT2D eigenvalue weighted by atomic mass is 79.9. The number of aromatic nitrogens is 1. The molecule has 15 heavy (non-hydrogen) atoms. The Morgan fingerprint density at radius 2 is 2.33 bits per heavy atom. The van der Waals surface area contributed by atoms with E-state index in [4.69, 9.17) is 5.11 Å². The molecular formula is C10H12BrNO2S. The quantitative estimate of drug-likeness (QED) is 0.866. The van der Waals surface area contributed by atoms with E-state index in [1.54, 1.807) is 20.0 Å². The number of rotatable bonds is 4. The summed E-state index contributed by atoms with van der Waals surface area (Å²) in [5.41, 5.74) is -0.734. The predicted molar refractivity (Wildman–Crippen MR) is 64.1 cm³/mol. The third-order valence-electron chi connectivity index (χ3n) is 1.87. The predicted octanol–water partition coefficient (Wildman–Crippen LogP) is 3.05. The lowest BCUT2D eigenvalue weighted by molar-refractivity contribution is -0.145. The first-order valence-electron chi connectivity index (χ1n) is 4.40. The van der Waals surface area contributed by atoms with Crippen LogP contribution in [0.3, 0.4) is 0 Å². The monoisotopic (exact) mass is 289 g/mol. The van der Waals surface area contributed by atoms with E-state index in [0.717, 1.165) is 9.50 Å². The summed E-state index contributed by atoms with van der Waals surface area (Å²) in [5.74, 6) is -0.292. The number of hydrogen-bond acceptors (Lipinski definition) is 3. The molecule has 0 aliphatic heterocycles. The summed E-state index contributed by atoms with van der Waals surface area (Å²) in [6, 6.07) is 3.72. The molecule has 0 saturated heterocycles. The van der Waals surface area contributed by atoms with E-state index in [2.05, 4.69) is 20.9 Å². The first-order valence-corrected chi connectivity index (χ1v) is 6.18. The molecule has 1 aromatic rings. The zero-order valence-electron chi connectivity index (χ0n) is 8.53. The summed E-state index contributed by atoms with van der Waals surface area (Å²) in [4.78, 5) is 15.0. The van der Waals surface area contributed by atoms with Crippen LogP contribution in [0.15, 0.2) is 27.8 Å². The topological polar surface area (TPSA) is 50.2 Å². The van der Waals surface area contributed by atoms with Gasteiger partial charge < -0.3 is 5.11 Å². The number of hydrogen-bond donors (Lipinski definition) is 1. The molecule has 0 unspecified atom stereocenters. The van der Waals surface area contributed by atoms with E-state index in [0.29, 0.717) is 5.75 Å². The average molecular weight is 290 g/mol. The van der Waals surface area contributed by atoms with Crippen LogP contribution in [-0.2, 0) is 4.79 Å². The number of carboxylic acids is 1. The summed E-state index contributed by atoms with van der Waals surface area (Å²) < 4.78 is 0.899. The van der Waals surface area contributed by atoms with E-state index in [1.807, 2.05) is 12.1 Å². The lowest BCUT2D eigenvalue weighted by atomic mass is 9.97. The molecule has 3 nitrogen and oxygen atoms in total. The molecule has 0 aliphatic rings. The van der Waals surface area contributed by atoms with Crippen LogP contribution in [0.2, 0.25) is 0 Å². The molecular weight excluding hydrogens is 278 g/mol. The van der Waals surface area contributed by atoms with Gasteiger partial charge in [-0.05, 0) is 41.9 Å². The van der Waals surface area contributed by atoms with E-state index >= 15 is 0 Å². The Hall–Kier alpha value is -0.550. The molecule has 0 amide bonds. The normalized spacial score (nSPS) is 11.4. The van der Waals surface area contributed by atoms with Crippen LogP contribution < -0.4 is 0 Å². The van der Waals surface area contributed by atoms with Gasteiger partial charge in [0.05, 0.1) is 5.41 Å². The SMILES string of the molecule is CC(C)(CSc1ncccc1Br)C(=O)O. The van der Waals surface area contributed by atoms with Crippen molar-refractivity contribution in [2.45, 2.75) is 18.9 Å². The lowest BCUT2D eigenvalue weighted by Gasteiger charge is -2.17. The van der Waals surface area contributed by atoms with Crippen molar-refractivity contribution in [1.29, 1.82) is 0 Å². The fourth-order valence-electron chi connectivity index (χ4n) is 0.788. The minimum Gasteiger partial charge on any atom is -0.481 e. The summed E-state index contributed by atoms with van der Waals surface area (Å²) in [6.45, 7) is 3.42. The molecule has 0 spiro atoms. The van der Waals surface area contributed by atoms with Gasteiger partial charge in [-0.2, -0.15) is 0 Å². The Labute approximate surface area is 101 Å². The maximum Gasteiger partial charge on any atom is 0.309 e. The average Bonchev–Trinajstić information content (AvgIpc) is 2.16. The van der Waals surface area contributed by atoms with Crippen molar-refractivity contribution in [3.05, 3.63) is 22.8 Å². The fourth-order valence-corrected chi connectivity index (χ4v) is 2.35. The van der Waals surface area contributed by atoms with Gasteiger partial charge in [0, 0.05) is 16.4 Å². The summed E-state index contributed by atoms with van der Waals surface area (Å²) in [5, 5.41) is 9.77. The van der Waals surface area contributed by atoms with Crippen molar-refractivity contribution in [3.63, 3.8) is 0 Å². The molecule has 0 atom stereocenters. The molecule has 1 heterocycles. The van der Waals surface area contributed by atoms with E-state index in [9.17, 15) is 4.79 Å². The summed E-state index contributed by atoms with van der Waals surface area (Å²) in [6.07, 6.45) is 1.70. The van der Waals surface area contributed by atoms with Crippen LogP contribution >= 0.6 is 27.7 Å². The zero-order chi connectivity index (χ0) is 11.5. The Morgan fingerprint density at radius 3 is 2.87 bits per heavy atom. The van der Waals surface area contributed by atoms with Gasteiger partial charge in [0.2, 0.25) is 0 Å². The van der Waals surface area contributed by atoms with Crippen LogP contribution in [0.25, 0.3) is 0 Å². The van der Waals surface area contributed by atoms with Crippen molar-refractivity contribution in [2.75, 3.05) is 5.75 Å². The number of carbonyl (C=O) groups is 1. The van der Waals surface area contributed by atoms with Crippen molar-refractivity contribution in [3.8, 4) is 0 Å². The molecule has 0 fully saturated rings. The minimum absolute atomic E-state index is 0.498. The lowest BCUT2D eigenvalue weighted by Crippen LogP contribution is -2.26. The fraction of sp³-hybridized carbons (Fsp3) is 0.400. The Bertz CT molecular complexity index is 368. The van der Waals surface area contributed by atoms with Gasteiger partial charge in [0.1, 0.15) is 5.03 Å². The zero-order valence-corrected chi connectivity index (χ0v) is 10.9. The Kier molecular flexibility index (Phi) is 4.16. The number of nitrogens with zero attached hydrogens (tertiary/aromatic N) is 1. The van der Waals surface area contributed by atoms with Crippen LogP contribution in [0.4, 0.5) is 0 Å². The maximum absolute atomic E-state index is 10.9. The molecule has 0 aromatic carbocycles. The van der Waals surface area contributed by atoms with Gasteiger partial charge in [0.15, 0.2) is 0 Å². The number of pyridine rings is 1. The molecule has 82 valence electrons. The van der Waals surface area contributed by atoms with E-state index < -0.39 is 11.4 Å². The van der Waals surface area contributed by atoms with Gasteiger partial charge in [0.25, 0.3) is 0 Å². The minimum atomic E-state index is -0.790. The second-order valence-corrected chi connectivity index (χ2v) is 5.59. The Balaban J connectivity index is 2.66. The van der Waals surface area contributed by atoms with Crippen molar-refractivity contribution >= 4 is 33.7 Å². The molecule has 5 heteroatoms. The smallest absolute Gasteiger partial charge is 0.309 e. The van der Waals surface area contributed by atoms with Crippen LogP contribution in [0, 0.1) is 5.41 Å². The standard InChI is InChI=1S/C10H12BrNO2S/c1-10(2,9(13)14)6-15-8-7(11)4-3-5-12-8/h3-5H,6H2,1-2H3,(H,13,14). The number of aliphatic carboxylic acids is 1. The van der Waals surface area contributed by atoms with Gasteiger partial charge in [-0.25, -0.2) is 4.98 Å². The van der Waals surface area contributed by atoms with Crippen molar-refractivity contribution < 1.29 is 9.90 Å². The molecule has 1 rings (SSSR count). The number of halogens is 1. The van der Waals surface area contributed by atoms with Crippen molar-refractivity contribution in [2.24, 2.45) is 5.41 Å². The molecule has 0 aliphatic carbocycles. The second-order valence-electron chi connectivity index (χ2n) is 3.77. The van der Waals surface area contributed by atoms with Crippen LogP contribution in [0.5, 0.6) is 0 Å². The Morgan fingerprint density at radius 1 is 1.67 bits per heavy atom. The van der Waals surface area contributed by atoms with Crippen LogP contribution in [0.1, 0.15) is 13.8 Å². The first kappa shape index (κ1) is 12.5. The molecule has 1 aromatic heterocycles. The number of carboxylic acid groups (broad SMARTS) is 1. The van der Waals surface area contributed by atoms with Crippen molar-refractivity contribution in [1.82, 2.24) is 4.98 Å². The van der Waals surface area contributed by atoms with Gasteiger partial charge in [-0.15, -0.1) is 11.8 Å². The van der Waals surface area contributed by atoms with Gasteiger partial charge >= 0.3 is 5.97 Å². The van der Waals surface area contributed by atoms with E-state index in [-0.39, 0.29) is 0 Å². The maximum atomic E-state index is 10.9. The second kappa shape index (κ2) is 4.99. The van der Waals surface area contributed by atoms with Crippen LogP contribution in [-0.4, -0.2) is 21.8 Å². The van der Waals surface area contributed by atoms with E-state index in [1.165, 1.54) is 11.8 Å². The highest BCUT2D eigenvalue weighted by Crippen LogP contribution is 2.30. The first-order chi connectivity index (χ1) is 6.93. The third kappa shape index (κ3) is 3.50. The summed E-state index contributed by atoms with van der Waals surface area (Å²) in [7, 11) is 0. The number of thioether (sulfide) groups is 1. The summed E-state index contributed by atoms with van der Waals surface area (Å²) >= 11 is 4.81. The molecule has 0 saturated carbocycles.